The number of hydrogen-bond acceptors (Lipinski definition) is 4. The smallest absolute Gasteiger partial charge is 0.308 e. The number of benzene rings is 1. The number of halogens is 1. The molecule has 18 heavy (non-hydrogen) atoms. The van der Waals surface area contributed by atoms with Gasteiger partial charge in [-0.2, -0.15) is 0 Å². The van der Waals surface area contributed by atoms with Gasteiger partial charge in [-0.1, -0.05) is 35.1 Å². The minimum absolute atomic E-state index is 0.176. The van der Waals surface area contributed by atoms with Crippen LogP contribution in [0.1, 0.15) is 10.4 Å². The molecule has 0 aliphatic carbocycles. The van der Waals surface area contributed by atoms with Gasteiger partial charge in [0.05, 0.1) is 4.92 Å². The molecular weight excluding hydrogens is 272 g/mol. The molecule has 0 bridgehead atoms. The third kappa shape index (κ3) is 3.53. The Balaban J connectivity index is 1.86. The van der Waals surface area contributed by atoms with E-state index in [2.05, 4.69) is 5.32 Å². The molecular formula is C12H11ClN2O2S. The van der Waals surface area contributed by atoms with Gasteiger partial charge in [-0.15, -0.1) is 0 Å². The minimum atomic E-state index is -0.370. The zero-order valence-electron chi connectivity index (χ0n) is 9.43. The molecule has 1 heterocycles. The number of thiophene rings is 1. The van der Waals surface area contributed by atoms with E-state index in [1.807, 2.05) is 24.3 Å². The molecule has 0 fully saturated rings. The number of hydrogen-bond donors (Lipinski definition) is 1. The first-order chi connectivity index (χ1) is 8.65. The van der Waals surface area contributed by atoms with Crippen molar-refractivity contribution < 1.29 is 4.92 Å². The summed E-state index contributed by atoms with van der Waals surface area (Å²) in [5, 5.41) is 14.6. The molecule has 0 aliphatic heterocycles. The topological polar surface area (TPSA) is 55.2 Å². The Kier molecular flexibility index (Phi) is 4.30. The molecule has 0 aliphatic rings. The molecule has 0 spiro atoms. The van der Waals surface area contributed by atoms with E-state index < -0.39 is 0 Å². The predicted octanol–water partition coefficient (Wildman–Crippen LogP) is 3.60. The van der Waals surface area contributed by atoms with Crippen molar-refractivity contribution in [3.05, 3.63) is 62.0 Å². The summed E-state index contributed by atoms with van der Waals surface area (Å²) < 4.78 is 0. The highest BCUT2D eigenvalue weighted by atomic mass is 35.5. The number of rotatable bonds is 5. The van der Waals surface area contributed by atoms with E-state index in [0.717, 1.165) is 10.4 Å². The van der Waals surface area contributed by atoms with E-state index in [-0.39, 0.29) is 9.92 Å². The summed E-state index contributed by atoms with van der Waals surface area (Å²) >= 11 is 7.07. The van der Waals surface area contributed by atoms with Crippen LogP contribution in [0.3, 0.4) is 0 Å². The van der Waals surface area contributed by atoms with Gasteiger partial charge in [-0.05, 0) is 23.8 Å². The number of nitro groups is 1. The van der Waals surface area contributed by atoms with Gasteiger partial charge >= 0.3 is 5.00 Å². The Morgan fingerprint density at radius 1 is 1.28 bits per heavy atom. The highest BCUT2D eigenvalue weighted by Gasteiger charge is 2.08. The van der Waals surface area contributed by atoms with Crippen molar-refractivity contribution in [2.45, 2.75) is 13.1 Å². The molecule has 1 N–H and O–H groups in total. The van der Waals surface area contributed by atoms with Crippen molar-refractivity contribution in [3.8, 4) is 0 Å². The van der Waals surface area contributed by atoms with Crippen molar-refractivity contribution in [3.63, 3.8) is 0 Å². The molecule has 0 saturated heterocycles. The van der Waals surface area contributed by atoms with Crippen molar-refractivity contribution in [1.82, 2.24) is 5.32 Å². The summed E-state index contributed by atoms with van der Waals surface area (Å²) in [7, 11) is 0. The van der Waals surface area contributed by atoms with Crippen LogP contribution in [0.2, 0.25) is 5.02 Å². The van der Waals surface area contributed by atoms with Crippen LogP contribution < -0.4 is 5.32 Å². The van der Waals surface area contributed by atoms with E-state index in [1.54, 1.807) is 6.07 Å². The van der Waals surface area contributed by atoms with Crippen LogP contribution in [-0.4, -0.2) is 4.92 Å². The average molecular weight is 283 g/mol. The summed E-state index contributed by atoms with van der Waals surface area (Å²) in [6, 6.07) is 10.9. The average Bonchev–Trinajstić information content (AvgIpc) is 2.78. The highest BCUT2D eigenvalue weighted by molar-refractivity contribution is 7.15. The van der Waals surface area contributed by atoms with Gasteiger partial charge in [0.15, 0.2) is 0 Å². The largest absolute Gasteiger partial charge is 0.324 e. The summed E-state index contributed by atoms with van der Waals surface area (Å²) in [6.07, 6.45) is 0. The third-order valence-electron chi connectivity index (χ3n) is 2.34. The van der Waals surface area contributed by atoms with E-state index in [1.165, 1.54) is 17.4 Å². The summed E-state index contributed by atoms with van der Waals surface area (Å²) in [5.74, 6) is 0. The van der Waals surface area contributed by atoms with E-state index >= 15 is 0 Å². The molecule has 0 atom stereocenters. The maximum atomic E-state index is 10.5. The first kappa shape index (κ1) is 13.0. The van der Waals surface area contributed by atoms with Crippen molar-refractivity contribution in [1.29, 1.82) is 0 Å². The molecule has 0 radical (unpaired) electrons. The summed E-state index contributed by atoms with van der Waals surface area (Å²) in [5.41, 5.74) is 1.09. The van der Waals surface area contributed by atoms with Gasteiger partial charge in [0, 0.05) is 29.1 Å². The fourth-order valence-corrected chi connectivity index (χ4v) is 2.54. The van der Waals surface area contributed by atoms with Crippen molar-refractivity contribution in [2.75, 3.05) is 0 Å². The van der Waals surface area contributed by atoms with Crippen LogP contribution in [0.4, 0.5) is 5.00 Å². The zero-order valence-corrected chi connectivity index (χ0v) is 11.0. The van der Waals surface area contributed by atoms with Crippen molar-refractivity contribution >= 4 is 27.9 Å². The van der Waals surface area contributed by atoms with E-state index in [9.17, 15) is 10.1 Å². The fraction of sp³-hybridized carbons (Fsp3) is 0.167. The molecule has 94 valence electrons. The van der Waals surface area contributed by atoms with Crippen LogP contribution in [0.5, 0.6) is 0 Å². The highest BCUT2D eigenvalue weighted by Crippen LogP contribution is 2.23. The lowest BCUT2D eigenvalue weighted by Gasteiger charge is -2.03. The third-order valence-corrected chi connectivity index (χ3v) is 3.62. The van der Waals surface area contributed by atoms with Gasteiger partial charge in [-0.25, -0.2) is 0 Å². The molecule has 0 saturated carbocycles. The first-order valence-electron chi connectivity index (χ1n) is 5.33. The molecule has 2 aromatic rings. The first-order valence-corrected chi connectivity index (χ1v) is 6.53. The van der Waals surface area contributed by atoms with Crippen molar-refractivity contribution in [2.24, 2.45) is 0 Å². The Morgan fingerprint density at radius 3 is 2.78 bits per heavy atom. The van der Waals surface area contributed by atoms with Crippen LogP contribution in [0.15, 0.2) is 36.4 Å². The summed E-state index contributed by atoms with van der Waals surface area (Å²) in [4.78, 5) is 11.1. The molecule has 1 aromatic heterocycles. The Bertz CT molecular complexity index is 557. The quantitative estimate of drug-likeness (QED) is 0.673. The monoisotopic (exact) mass is 282 g/mol. The standard InChI is InChI=1S/C12H11ClN2O2S/c13-10-3-1-2-9(6-10)7-14-8-11-4-5-12(18-11)15(16)17/h1-6,14H,7-8H2. The maximum absolute atomic E-state index is 10.5. The van der Waals surface area contributed by atoms with Crippen LogP contribution >= 0.6 is 22.9 Å². The van der Waals surface area contributed by atoms with Crippen LogP contribution in [-0.2, 0) is 13.1 Å². The zero-order chi connectivity index (χ0) is 13.0. The predicted molar refractivity (Wildman–Crippen MR) is 73.0 cm³/mol. The van der Waals surface area contributed by atoms with Gasteiger partial charge in [0.1, 0.15) is 0 Å². The molecule has 0 unspecified atom stereocenters. The lowest BCUT2D eigenvalue weighted by Crippen LogP contribution is -2.11. The SMILES string of the molecule is O=[N+]([O-])c1ccc(CNCc2cccc(Cl)c2)s1. The fourth-order valence-electron chi connectivity index (χ4n) is 1.54. The Morgan fingerprint density at radius 2 is 2.11 bits per heavy atom. The molecule has 1 aromatic carbocycles. The maximum Gasteiger partial charge on any atom is 0.324 e. The lowest BCUT2D eigenvalue weighted by molar-refractivity contribution is -0.380. The minimum Gasteiger partial charge on any atom is -0.308 e. The second-order valence-electron chi connectivity index (χ2n) is 3.73. The second-order valence-corrected chi connectivity index (χ2v) is 5.31. The molecule has 0 amide bonds. The summed E-state index contributed by atoms with van der Waals surface area (Å²) in [6.45, 7) is 1.30. The van der Waals surface area contributed by atoms with E-state index in [4.69, 9.17) is 11.6 Å². The normalized spacial score (nSPS) is 10.5. The van der Waals surface area contributed by atoms with Gasteiger partial charge in [0.2, 0.25) is 0 Å². The lowest BCUT2D eigenvalue weighted by atomic mass is 10.2. The second kappa shape index (κ2) is 5.95. The van der Waals surface area contributed by atoms with Gasteiger partial charge in [-0.3, -0.25) is 10.1 Å². The van der Waals surface area contributed by atoms with Crippen LogP contribution in [0.25, 0.3) is 0 Å². The van der Waals surface area contributed by atoms with Gasteiger partial charge in [0.25, 0.3) is 0 Å². The molecule has 2 rings (SSSR count). The van der Waals surface area contributed by atoms with E-state index in [0.29, 0.717) is 18.1 Å². The Labute approximate surface area is 113 Å². The van der Waals surface area contributed by atoms with Crippen LogP contribution in [0, 0.1) is 10.1 Å². The molecule has 4 nitrogen and oxygen atoms in total. The Hall–Kier alpha value is -1.43. The molecule has 6 heteroatoms. The number of nitrogens with zero attached hydrogens (tertiary/aromatic N) is 1. The van der Waals surface area contributed by atoms with Gasteiger partial charge < -0.3 is 5.32 Å². The number of nitrogens with one attached hydrogen (secondary N) is 1.